The Labute approximate surface area is 95.7 Å². The lowest BCUT2D eigenvalue weighted by Gasteiger charge is -2.11. The van der Waals surface area contributed by atoms with Crippen molar-refractivity contribution >= 4 is 5.97 Å². The molecule has 0 saturated heterocycles. The first-order valence-corrected chi connectivity index (χ1v) is 5.04. The van der Waals surface area contributed by atoms with Gasteiger partial charge in [0.25, 0.3) is 0 Å². The molecule has 86 valence electrons. The Hall–Kier alpha value is -1.77. The standard InChI is InChI=1S/C13H16O3/c1-4-10(9-13(14)16-3)11-5-7-12(15-2)8-6-11/h4-8,10H,1,9H2,2-3H3/t10-/m1/s1. The topological polar surface area (TPSA) is 35.5 Å². The summed E-state index contributed by atoms with van der Waals surface area (Å²) in [7, 11) is 3.00. The van der Waals surface area contributed by atoms with Crippen LogP contribution in [0.5, 0.6) is 5.75 Å². The van der Waals surface area contributed by atoms with Crippen molar-refractivity contribution in [2.45, 2.75) is 12.3 Å². The Morgan fingerprint density at radius 3 is 2.44 bits per heavy atom. The molecule has 0 aromatic heterocycles. The van der Waals surface area contributed by atoms with E-state index in [1.807, 2.05) is 24.3 Å². The Morgan fingerprint density at radius 1 is 1.38 bits per heavy atom. The molecule has 1 aromatic rings. The van der Waals surface area contributed by atoms with Gasteiger partial charge < -0.3 is 9.47 Å². The van der Waals surface area contributed by atoms with Gasteiger partial charge >= 0.3 is 5.97 Å². The Balaban J connectivity index is 2.78. The maximum Gasteiger partial charge on any atom is 0.306 e. The lowest BCUT2D eigenvalue weighted by Crippen LogP contribution is -2.06. The maximum atomic E-state index is 11.2. The van der Waals surface area contributed by atoms with Crippen molar-refractivity contribution in [1.29, 1.82) is 0 Å². The highest BCUT2D eigenvalue weighted by atomic mass is 16.5. The number of rotatable bonds is 5. The molecule has 0 aliphatic rings. The van der Waals surface area contributed by atoms with Gasteiger partial charge in [-0.1, -0.05) is 18.2 Å². The second-order valence-electron chi connectivity index (χ2n) is 3.40. The zero-order valence-electron chi connectivity index (χ0n) is 9.60. The van der Waals surface area contributed by atoms with Crippen LogP contribution in [0.15, 0.2) is 36.9 Å². The molecule has 1 rings (SSSR count). The molecule has 0 saturated carbocycles. The first-order chi connectivity index (χ1) is 7.71. The van der Waals surface area contributed by atoms with Crippen LogP contribution >= 0.6 is 0 Å². The molecule has 3 heteroatoms. The summed E-state index contributed by atoms with van der Waals surface area (Å²) in [4.78, 5) is 11.2. The molecule has 0 heterocycles. The zero-order valence-corrected chi connectivity index (χ0v) is 9.60. The van der Waals surface area contributed by atoms with Gasteiger partial charge in [-0.25, -0.2) is 0 Å². The lowest BCUT2D eigenvalue weighted by molar-refractivity contribution is -0.140. The molecule has 0 bridgehead atoms. The van der Waals surface area contributed by atoms with Gasteiger partial charge in [0.1, 0.15) is 5.75 Å². The number of benzene rings is 1. The van der Waals surface area contributed by atoms with E-state index in [4.69, 9.17) is 4.74 Å². The van der Waals surface area contributed by atoms with Gasteiger partial charge in [0.2, 0.25) is 0 Å². The van der Waals surface area contributed by atoms with Gasteiger partial charge in [0.05, 0.1) is 20.6 Å². The average molecular weight is 220 g/mol. The fraction of sp³-hybridized carbons (Fsp3) is 0.308. The summed E-state index contributed by atoms with van der Waals surface area (Å²) in [6.07, 6.45) is 2.06. The third kappa shape index (κ3) is 3.12. The number of esters is 1. The molecule has 0 unspecified atom stereocenters. The van der Waals surface area contributed by atoms with Gasteiger partial charge in [0, 0.05) is 5.92 Å². The summed E-state index contributed by atoms with van der Waals surface area (Å²) in [6, 6.07) is 7.58. The summed E-state index contributed by atoms with van der Waals surface area (Å²) in [6.45, 7) is 3.73. The average Bonchev–Trinajstić information content (AvgIpc) is 2.35. The van der Waals surface area contributed by atoms with E-state index >= 15 is 0 Å². The molecule has 0 aliphatic carbocycles. The summed E-state index contributed by atoms with van der Waals surface area (Å²) in [5.41, 5.74) is 1.03. The van der Waals surface area contributed by atoms with Gasteiger partial charge in [-0.3, -0.25) is 4.79 Å². The van der Waals surface area contributed by atoms with Crippen LogP contribution in [0.2, 0.25) is 0 Å². The number of ether oxygens (including phenoxy) is 2. The molecule has 0 fully saturated rings. The highest BCUT2D eigenvalue weighted by molar-refractivity contribution is 5.70. The molecule has 0 N–H and O–H groups in total. The van der Waals surface area contributed by atoms with E-state index < -0.39 is 0 Å². The fourth-order valence-electron chi connectivity index (χ4n) is 1.45. The summed E-state index contributed by atoms with van der Waals surface area (Å²) < 4.78 is 9.70. The lowest BCUT2D eigenvalue weighted by atomic mass is 9.96. The monoisotopic (exact) mass is 220 g/mol. The third-order valence-electron chi connectivity index (χ3n) is 2.44. The summed E-state index contributed by atoms with van der Waals surface area (Å²) in [5.74, 6) is 0.545. The second-order valence-corrected chi connectivity index (χ2v) is 3.40. The largest absolute Gasteiger partial charge is 0.497 e. The van der Waals surface area contributed by atoms with E-state index in [1.165, 1.54) is 7.11 Å². The Bertz CT molecular complexity index is 354. The molecular formula is C13H16O3. The molecule has 0 spiro atoms. The quantitative estimate of drug-likeness (QED) is 0.565. The zero-order chi connectivity index (χ0) is 12.0. The predicted octanol–water partition coefficient (Wildman–Crippen LogP) is 2.53. The number of hydrogen-bond donors (Lipinski definition) is 0. The van der Waals surface area contributed by atoms with Crippen molar-refractivity contribution in [3.63, 3.8) is 0 Å². The molecule has 3 nitrogen and oxygen atoms in total. The van der Waals surface area contributed by atoms with Crippen LogP contribution in [0.1, 0.15) is 17.9 Å². The number of carbonyl (C=O) groups excluding carboxylic acids is 1. The molecule has 0 aliphatic heterocycles. The van der Waals surface area contributed by atoms with Crippen molar-refractivity contribution < 1.29 is 14.3 Å². The van der Waals surface area contributed by atoms with E-state index in [-0.39, 0.29) is 11.9 Å². The second kappa shape index (κ2) is 5.95. The van der Waals surface area contributed by atoms with Crippen molar-refractivity contribution in [1.82, 2.24) is 0 Å². The molecule has 16 heavy (non-hydrogen) atoms. The molecule has 1 atom stereocenters. The minimum absolute atomic E-state index is 0.0154. The highest BCUT2D eigenvalue weighted by Crippen LogP contribution is 2.23. The molecule has 1 aromatic carbocycles. The van der Waals surface area contributed by atoms with E-state index in [1.54, 1.807) is 13.2 Å². The highest BCUT2D eigenvalue weighted by Gasteiger charge is 2.12. The van der Waals surface area contributed by atoms with Crippen LogP contribution in [0.3, 0.4) is 0 Å². The van der Waals surface area contributed by atoms with Crippen LogP contribution in [0.25, 0.3) is 0 Å². The SMILES string of the molecule is C=C[C@H](CC(=O)OC)c1ccc(OC)cc1. The van der Waals surface area contributed by atoms with Crippen LogP contribution in [-0.2, 0) is 9.53 Å². The molecule has 0 radical (unpaired) electrons. The summed E-state index contributed by atoms with van der Waals surface area (Å²) in [5, 5.41) is 0. The minimum Gasteiger partial charge on any atom is -0.497 e. The number of methoxy groups -OCH3 is 2. The van der Waals surface area contributed by atoms with Gasteiger partial charge in [-0.2, -0.15) is 0 Å². The number of allylic oxidation sites excluding steroid dienone is 1. The Morgan fingerprint density at radius 2 is 2.00 bits per heavy atom. The normalized spacial score (nSPS) is 11.6. The minimum atomic E-state index is -0.235. The van der Waals surface area contributed by atoms with E-state index in [2.05, 4.69) is 11.3 Å². The van der Waals surface area contributed by atoms with Gasteiger partial charge in [-0.15, -0.1) is 6.58 Å². The predicted molar refractivity (Wildman–Crippen MR) is 62.6 cm³/mol. The van der Waals surface area contributed by atoms with Crippen molar-refractivity contribution in [3.8, 4) is 5.75 Å². The summed E-state index contributed by atoms with van der Waals surface area (Å²) >= 11 is 0. The first kappa shape index (κ1) is 12.3. The van der Waals surface area contributed by atoms with Crippen molar-refractivity contribution in [3.05, 3.63) is 42.5 Å². The maximum absolute atomic E-state index is 11.2. The number of carbonyl (C=O) groups is 1. The Kier molecular flexibility index (Phi) is 4.58. The smallest absolute Gasteiger partial charge is 0.306 e. The first-order valence-electron chi connectivity index (χ1n) is 5.04. The van der Waals surface area contributed by atoms with Gasteiger partial charge in [0.15, 0.2) is 0 Å². The van der Waals surface area contributed by atoms with E-state index in [0.717, 1.165) is 11.3 Å². The van der Waals surface area contributed by atoms with Crippen LogP contribution < -0.4 is 4.74 Å². The molecular weight excluding hydrogens is 204 g/mol. The van der Waals surface area contributed by atoms with Crippen molar-refractivity contribution in [2.24, 2.45) is 0 Å². The number of hydrogen-bond acceptors (Lipinski definition) is 3. The third-order valence-corrected chi connectivity index (χ3v) is 2.44. The van der Waals surface area contributed by atoms with E-state index in [9.17, 15) is 4.79 Å². The molecule has 0 amide bonds. The van der Waals surface area contributed by atoms with Crippen LogP contribution in [-0.4, -0.2) is 20.2 Å². The van der Waals surface area contributed by atoms with Crippen molar-refractivity contribution in [2.75, 3.05) is 14.2 Å². The fourth-order valence-corrected chi connectivity index (χ4v) is 1.45. The van der Waals surface area contributed by atoms with Crippen LogP contribution in [0, 0.1) is 0 Å². The van der Waals surface area contributed by atoms with Crippen LogP contribution in [0.4, 0.5) is 0 Å². The van der Waals surface area contributed by atoms with E-state index in [0.29, 0.717) is 6.42 Å². The van der Waals surface area contributed by atoms with Gasteiger partial charge in [-0.05, 0) is 17.7 Å².